The number of methoxy groups -OCH3 is 1. The molecule has 1 aromatic carbocycles. The molecule has 0 aromatic heterocycles. The van der Waals surface area contributed by atoms with Crippen LogP contribution in [-0.4, -0.2) is 13.7 Å². The van der Waals surface area contributed by atoms with E-state index in [9.17, 15) is 0 Å². The van der Waals surface area contributed by atoms with Crippen LogP contribution in [0.2, 0.25) is 0 Å². The van der Waals surface area contributed by atoms with Gasteiger partial charge in [0.1, 0.15) is 5.75 Å². The van der Waals surface area contributed by atoms with Gasteiger partial charge >= 0.3 is 0 Å². The molecule has 20 heavy (non-hydrogen) atoms. The Hall–Kier alpha value is -0.540. The van der Waals surface area contributed by atoms with Crippen LogP contribution < -0.4 is 10.5 Å². The fraction of sp³-hybridized carbons (Fsp3) is 0.647. The third-order valence-electron chi connectivity index (χ3n) is 4.86. The molecular weight excluding hydrogens is 314 g/mol. The lowest BCUT2D eigenvalue weighted by Gasteiger charge is -2.35. The molecule has 0 heterocycles. The van der Waals surface area contributed by atoms with Crippen LogP contribution in [0.25, 0.3) is 0 Å². The molecule has 0 bridgehead atoms. The summed E-state index contributed by atoms with van der Waals surface area (Å²) in [6.07, 6.45) is 6.38. The van der Waals surface area contributed by atoms with Gasteiger partial charge in [0, 0.05) is 4.47 Å². The highest BCUT2D eigenvalue weighted by Gasteiger charge is 2.29. The zero-order valence-electron chi connectivity index (χ0n) is 12.6. The zero-order valence-corrected chi connectivity index (χ0v) is 14.2. The van der Waals surface area contributed by atoms with E-state index in [0.717, 1.165) is 24.6 Å². The first-order chi connectivity index (χ1) is 9.67. The number of nitrogens with two attached hydrogens (primary N) is 1. The highest BCUT2D eigenvalue weighted by molar-refractivity contribution is 9.10. The van der Waals surface area contributed by atoms with Gasteiger partial charge < -0.3 is 10.5 Å². The summed E-state index contributed by atoms with van der Waals surface area (Å²) in [5.74, 6) is 3.21. The highest BCUT2D eigenvalue weighted by atomic mass is 79.9. The largest absolute Gasteiger partial charge is 0.497 e. The second-order valence-corrected chi connectivity index (χ2v) is 6.86. The Morgan fingerprint density at radius 1 is 1.30 bits per heavy atom. The normalized spacial score (nSPS) is 26.5. The quantitative estimate of drug-likeness (QED) is 0.862. The first-order valence-corrected chi connectivity index (χ1v) is 8.49. The summed E-state index contributed by atoms with van der Waals surface area (Å²) in [6.45, 7) is 3.13. The van der Waals surface area contributed by atoms with Gasteiger partial charge in [-0.15, -0.1) is 0 Å². The molecule has 0 radical (unpaired) electrons. The van der Waals surface area contributed by atoms with Crippen molar-refractivity contribution in [2.45, 2.75) is 39.0 Å². The van der Waals surface area contributed by atoms with Gasteiger partial charge in [0.05, 0.1) is 7.11 Å². The van der Waals surface area contributed by atoms with Crippen LogP contribution in [0.3, 0.4) is 0 Å². The maximum Gasteiger partial charge on any atom is 0.119 e. The second kappa shape index (κ2) is 7.46. The molecule has 0 aliphatic heterocycles. The van der Waals surface area contributed by atoms with Crippen molar-refractivity contribution >= 4 is 15.9 Å². The molecule has 0 saturated heterocycles. The van der Waals surface area contributed by atoms with Gasteiger partial charge in [-0.1, -0.05) is 35.7 Å². The molecule has 3 unspecified atom stereocenters. The van der Waals surface area contributed by atoms with Crippen molar-refractivity contribution < 1.29 is 4.74 Å². The van der Waals surface area contributed by atoms with E-state index in [0.29, 0.717) is 11.8 Å². The van der Waals surface area contributed by atoms with E-state index < -0.39 is 0 Å². The SMILES string of the molecule is CCC1CCC(CN)C(Cc2cc(OC)ccc2Br)C1. The minimum atomic E-state index is 0.677. The van der Waals surface area contributed by atoms with Crippen LogP contribution in [0.15, 0.2) is 22.7 Å². The number of benzene rings is 1. The van der Waals surface area contributed by atoms with Gasteiger partial charge in [0.25, 0.3) is 0 Å². The number of rotatable bonds is 5. The molecule has 0 amide bonds. The molecule has 1 saturated carbocycles. The van der Waals surface area contributed by atoms with Crippen molar-refractivity contribution in [3.8, 4) is 5.75 Å². The molecule has 0 spiro atoms. The lowest BCUT2D eigenvalue weighted by molar-refractivity contribution is 0.179. The molecule has 1 aliphatic rings. The molecule has 112 valence electrons. The predicted octanol–water partition coefficient (Wildman–Crippen LogP) is 4.40. The van der Waals surface area contributed by atoms with Gasteiger partial charge in [-0.2, -0.15) is 0 Å². The summed E-state index contributed by atoms with van der Waals surface area (Å²) < 4.78 is 6.54. The van der Waals surface area contributed by atoms with Gasteiger partial charge in [-0.3, -0.25) is 0 Å². The fourth-order valence-corrected chi connectivity index (χ4v) is 3.88. The van der Waals surface area contributed by atoms with Crippen LogP contribution in [0.5, 0.6) is 5.75 Å². The molecule has 1 aromatic rings. The van der Waals surface area contributed by atoms with Crippen LogP contribution in [-0.2, 0) is 6.42 Å². The third-order valence-corrected chi connectivity index (χ3v) is 5.64. The summed E-state index contributed by atoms with van der Waals surface area (Å²) in [6, 6.07) is 6.25. The summed E-state index contributed by atoms with van der Waals surface area (Å²) >= 11 is 3.67. The minimum Gasteiger partial charge on any atom is -0.497 e. The van der Waals surface area contributed by atoms with Crippen molar-refractivity contribution in [1.29, 1.82) is 0 Å². The lowest BCUT2D eigenvalue weighted by Crippen LogP contribution is -2.31. The van der Waals surface area contributed by atoms with E-state index in [-0.39, 0.29) is 0 Å². The summed E-state index contributed by atoms with van der Waals surface area (Å²) in [4.78, 5) is 0. The van der Waals surface area contributed by atoms with E-state index in [4.69, 9.17) is 10.5 Å². The maximum atomic E-state index is 5.99. The van der Waals surface area contributed by atoms with Crippen molar-refractivity contribution in [3.05, 3.63) is 28.2 Å². The average Bonchev–Trinajstić information content (AvgIpc) is 2.49. The van der Waals surface area contributed by atoms with Crippen molar-refractivity contribution in [2.24, 2.45) is 23.5 Å². The summed E-state index contributed by atoms with van der Waals surface area (Å²) in [5, 5.41) is 0. The predicted molar refractivity (Wildman–Crippen MR) is 88.1 cm³/mol. The molecule has 2 N–H and O–H groups in total. The Balaban J connectivity index is 2.13. The Morgan fingerprint density at radius 3 is 2.75 bits per heavy atom. The van der Waals surface area contributed by atoms with E-state index in [1.807, 2.05) is 6.07 Å². The topological polar surface area (TPSA) is 35.2 Å². The van der Waals surface area contributed by atoms with Crippen LogP contribution in [0.1, 0.15) is 38.2 Å². The summed E-state index contributed by atoms with van der Waals surface area (Å²) in [5.41, 5.74) is 7.34. The number of hydrogen-bond donors (Lipinski definition) is 1. The monoisotopic (exact) mass is 339 g/mol. The van der Waals surface area contributed by atoms with E-state index in [2.05, 4.69) is 35.0 Å². The molecule has 1 fully saturated rings. The average molecular weight is 340 g/mol. The van der Waals surface area contributed by atoms with E-state index >= 15 is 0 Å². The van der Waals surface area contributed by atoms with E-state index in [1.54, 1.807) is 7.11 Å². The molecule has 2 nitrogen and oxygen atoms in total. The van der Waals surface area contributed by atoms with E-state index in [1.165, 1.54) is 35.7 Å². The van der Waals surface area contributed by atoms with Crippen molar-refractivity contribution in [3.63, 3.8) is 0 Å². The minimum absolute atomic E-state index is 0.677. The van der Waals surface area contributed by atoms with Crippen LogP contribution in [0, 0.1) is 17.8 Å². The molecule has 1 aliphatic carbocycles. The number of halogens is 1. The zero-order chi connectivity index (χ0) is 14.5. The standard InChI is InChI=1S/C17H26BrNO/c1-3-12-4-5-13(11-19)14(8-12)9-15-10-16(20-2)6-7-17(15)18/h6-7,10,12-14H,3-5,8-9,11,19H2,1-2H3. The fourth-order valence-electron chi connectivity index (χ4n) is 3.47. The van der Waals surface area contributed by atoms with Crippen molar-refractivity contribution in [1.82, 2.24) is 0 Å². The highest BCUT2D eigenvalue weighted by Crippen LogP contribution is 2.38. The molecule has 3 atom stereocenters. The molecule has 3 heteroatoms. The van der Waals surface area contributed by atoms with Crippen molar-refractivity contribution in [2.75, 3.05) is 13.7 Å². The Labute approximate surface area is 131 Å². The first-order valence-electron chi connectivity index (χ1n) is 7.70. The number of hydrogen-bond acceptors (Lipinski definition) is 2. The second-order valence-electron chi connectivity index (χ2n) is 6.00. The Bertz CT molecular complexity index is 435. The van der Waals surface area contributed by atoms with Gasteiger partial charge in [0.2, 0.25) is 0 Å². The lowest BCUT2D eigenvalue weighted by atomic mass is 9.71. The van der Waals surface area contributed by atoms with Gasteiger partial charge in [-0.05, 0) is 67.3 Å². The summed E-state index contributed by atoms with van der Waals surface area (Å²) in [7, 11) is 1.73. The Kier molecular flexibility index (Phi) is 5.91. The first kappa shape index (κ1) is 15.8. The van der Waals surface area contributed by atoms with Gasteiger partial charge in [0.15, 0.2) is 0 Å². The van der Waals surface area contributed by atoms with Crippen LogP contribution >= 0.6 is 15.9 Å². The van der Waals surface area contributed by atoms with Gasteiger partial charge in [-0.25, -0.2) is 0 Å². The smallest absolute Gasteiger partial charge is 0.119 e. The molecule has 2 rings (SSSR count). The maximum absolute atomic E-state index is 5.99. The molecular formula is C17H26BrNO. The Morgan fingerprint density at radius 2 is 2.10 bits per heavy atom. The number of ether oxygens (including phenoxy) is 1. The third kappa shape index (κ3) is 3.76. The van der Waals surface area contributed by atoms with Crippen LogP contribution in [0.4, 0.5) is 0 Å².